The second-order valence-corrected chi connectivity index (χ2v) is 2.85. The fourth-order valence-electron chi connectivity index (χ4n) is 0.314. The molecule has 1 amide bonds. The summed E-state index contributed by atoms with van der Waals surface area (Å²) in [6.45, 7) is 0. The van der Waals surface area contributed by atoms with E-state index in [1.165, 1.54) is 7.05 Å². The number of carbonyl (C=O) groups excluding carboxylic acids is 1. The number of thioether (sulfide) groups is 1. The van der Waals surface area contributed by atoms with E-state index in [0.717, 1.165) is 16.7 Å². The number of nitrogens with zero attached hydrogens (tertiary/aromatic N) is 2. The zero-order valence-corrected chi connectivity index (χ0v) is 7.54. The van der Waals surface area contributed by atoms with Crippen molar-refractivity contribution in [1.29, 1.82) is 5.26 Å². The van der Waals surface area contributed by atoms with Crippen LogP contribution in [0.3, 0.4) is 0 Å². The van der Waals surface area contributed by atoms with Gasteiger partial charge in [-0.2, -0.15) is 5.26 Å². The van der Waals surface area contributed by atoms with Gasteiger partial charge in [-0.15, -0.1) is 0 Å². The van der Waals surface area contributed by atoms with Crippen molar-refractivity contribution in [3.8, 4) is 5.40 Å². The van der Waals surface area contributed by atoms with Gasteiger partial charge in [0, 0.05) is 7.05 Å². The standard InChI is InChI=1S/C5H7N3OS2/c1-8(5(7)10)4(9)2-11-3-6/h2H2,1H3,(H2,7,10). The number of hydrogen-bond donors (Lipinski definition) is 1. The number of thiocarbonyl (C=S) groups is 1. The fraction of sp³-hybridized carbons (Fsp3) is 0.400. The van der Waals surface area contributed by atoms with Crippen molar-refractivity contribution in [2.24, 2.45) is 5.73 Å². The molecule has 0 aromatic carbocycles. The lowest BCUT2D eigenvalue weighted by Gasteiger charge is -2.12. The Morgan fingerprint density at radius 1 is 1.91 bits per heavy atom. The van der Waals surface area contributed by atoms with Crippen LogP contribution < -0.4 is 5.73 Å². The Labute approximate surface area is 74.3 Å². The van der Waals surface area contributed by atoms with Crippen molar-refractivity contribution in [3.05, 3.63) is 0 Å². The van der Waals surface area contributed by atoms with Crippen molar-refractivity contribution < 1.29 is 4.79 Å². The summed E-state index contributed by atoms with van der Waals surface area (Å²) in [7, 11) is 1.47. The normalized spacial score (nSPS) is 8.36. The second kappa shape index (κ2) is 4.93. The highest BCUT2D eigenvalue weighted by Gasteiger charge is 2.09. The van der Waals surface area contributed by atoms with Crippen LogP contribution >= 0.6 is 24.0 Å². The molecule has 0 aromatic heterocycles. The van der Waals surface area contributed by atoms with E-state index >= 15 is 0 Å². The highest BCUT2D eigenvalue weighted by atomic mass is 32.2. The molecule has 0 heterocycles. The first-order valence-corrected chi connectivity index (χ1v) is 4.06. The predicted molar refractivity (Wildman–Crippen MR) is 47.6 cm³/mol. The van der Waals surface area contributed by atoms with E-state index < -0.39 is 0 Å². The fourth-order valence-corrected chi connectivity index (χ4v) is 0.797. The van der Waals surface area contributed by atoms with Gasteiger partial charge in [0.1, 0.15) is 5.40 Å². The van der Waals surface area contributed by atoms with E-state index in [4.69, 9.17) is 11.0 Å². The molecule has 0 saturated heterocycles. The van der Waals surface area contributed by atoms with Crippen LogP contribution in [0.15, 0.2) is 0 Å². The minimum absolute atomic E-state index is 0.0218. The lowest BCUT2D eigenvalue weighted by atomic mass is 10.6. The number of rotatable bonds is 2. The van der Waals surface area contributed by atoms with Crippen molar-refractivity contribution in [2.45, 2.75) is 0 Å². The van der Waals surface area contributed by atoms with Gasteiger partial charge in [0.25, 0.3) is 0 Å². The molecule has 0 aliphatic carbocycles. The zero-order chi connectivity index (χ0) is 8.85. The molecule has 0 aliphatic rings. The van der Waals surface area contributed by atoms with E-state index in [0.29, 0.717) is 0 Å². The van der Waals surface area contributed by atoms with Crippen molar-refractivity contribution in [3.63, 3.8) is 0 Å². The topological polar surface area (TPSA) is 70.1 Å². The highest BCUT2D eigenvalue weighted by Crippen LogP contribution is 1.97. The Balaban J connectivity index is 3.85. The molecule has 11 heavy (non-hydrogen) atoms. The van der Waals surface area contributed by atoms with E-state index in [9.17, 15) is 4.79 Å². The van der Waals surface area contributed by atoms with Crippen molar-refractivity contribution in [2.75, 3.05) is 12.8 Å². The maximum absolute atomic E-state index is 10.9. The molecular weight excluding hydrogens is 182 g/mol. The molecule has 0 unspecified atom stereocenters. The van der Waals surface area contributed by atoms with E-state index in [-0.39, 0.29) is 16.8 Å². The van der Waals surface area contributed by atoms with Gasteiger partial charge >= 0.3 is 0 Å². The smallest absolute Gasteiger partial charge is 0.239 e. The third-order valence-corrected chi connectivity index (χ3v) is 1.76. The Morgan fingerprint density at radius 3 is 2.82 bits per heavy atom. The minimum Gasteiger partial charge on any atom is -0.376 e. The first-order valence-electron chi connectivity index (χ1n) is 2.66. The molecule has 0 spiro atoms. The molecule has 0 fully saturated rings. The van der Waals surface area contributed by atoms with Gasteiger partial charge in [-0.05, 0) is 24.0 Å². The third kappa shape index (κ3) is 3.80. The average Bonchev–Trinajstić information content (AvgIpc) is 1.98. The number of thiocyanates is 1. The van der Waals surface area contributed by atoms with Crippen LogP contribution in [0.2, 0.25) is 0 Å². The minimum atomic E-state index is -0.260. The summed E-state index contributed by atoms with van der Waals surface area (Å²) in [4.78, 5) is 12.1. The highest BCUT2D eigenvalue weighted by molar-refractivity contribution is 8.04. The summed E-state index contributed by atoms with van der Waals surface area (Å²) < 4.78 is 0. The molecule has 0 bridgehead atoms. The van der Waals surface area contributed by atoms with Gasteiger partial charge in [-0.3, -0.25) is 9.69 Å². The molecule has 0 saturated carbocycles. The van der Waals surface area contributed by atoms with Gasteiger partial charge < -0.3 is 5.73 Å². The summed E-state index contributed by atoms with van der Waals surface area (Å²) in [6.07, 6.45) is 0. The molecule has 60 valence electrons. The van der Waals surface area contributed by atoms with Gasteiger partial charge in [0.15, 0.2) is 5.11 Å². The number of carbonyl (C=O) groups is 1. The lowest BCUT2D eigenvalue weighted by Crippen LogP contribution is -2.38. The maximum Gasteiger partial charge on any atom is 0.239 e. The first kappa shape index (κ1) is 10.2. The molecule has 0 aromatic rings. The molecule has 0 radical (unpaired) electrons. The van der Waals surface area contributed by atoms with Crippen LogP contribution in [0.5, 0.6) is 0 Å². The largest absolute Gasteiger partial charge is 0.376 e. The Hall–Kier alpha value is -0.800. The molecule has 0 aliphatic heterocycles. The number of nitrogens with two attached hydrogens (primary N) is 1. The summed E-state index contributed by atoms with van der Waals surface area (Å²) >= 11 is 5.40. The zero-order valence-electron chi connectivity index (χ0n) is 5.90. The van der Waals surface area contributed by atoms with Gasteiger partial charge in [-0.25, -0.2) is 0 Å². The average molecular weight is 189 g/mol. The van der Waals surface area contributed by atoms with E-state index in [1.807, 2.05) is 0 Å². The van der Waals surface area contributed by atoms with Gasteiger partial charge in [0.2, 0.25) is 5.91 Å². The summed E-state index contributed by atoms with van der Waals surface area (Å²) in [5, 5.41) is 9.91. The molecule has 4 nitrogen and oxygen atoms in total. The Kier molecular flexibility index (Phi) is 4.57. The Morgan fingerprint density at radius 2 is 2.45 bits per heavy atom. The van der Waals surface area contributed by atoms with Crippen LogP contribution in [0, 0.1) is 10.7 Å². The summed E-state index contributed by atoms with van der Waals surface area (Å²) in [5.41, 5.74) is 5.15. The summed E-state index contributed by atoms with van der Waals surface area (Å²) in [6, 6.07) is 0. The lowest BCUT2D eigenvalue weighted by molar-refractivity contribution is -0.123. The van der Waals surface area contributed by atoms with Crippen LogP contribution in [0.1, 0.15) is 0 Å². The van der Waals surface area contributed by atoms with Crippen LogP contribution in [-0.4, -0.2) is 28.7 Å². The van der Waals surface area contributed by atoms with E-state index in [2.05, 4.69) is 12.2 Å². The summed E-state index contributed by atoms with van der Waals surface area (Å²) in [5.74, 6) is -0.173. The molecular formula is C5H7N3OS2. The van der Waals surface area contributed by atoms with Crippen LogP contribution in [0.25, 0.3) is 0 Å². The number of amides is 1. The monoisotopic (exact) mass is 189 g/mol. The van der Waals surface area contributed by atoms with Crippen molar-refractivity contribution >= 4 is 35.0 Å². The molecule has 2 N–H and O–H groups in total. The number of hydrogen-bond acceptors (Lipinski definition) is 4. The SMILES string of the molecule is CN(C(=O)CSC#N)C(N)=S. The third-order valence-electron chi connectivity index (χ3n) is 0.965. The quantitative estimate of drug-likeness (QED) is 0.485. The first-order chi connectivity index (χ1) is 5.09. The predicted octanol–water partition coefficient (Wildman–Crippen LogP) is -0.0973. The van der Waals surface area contributed by atoms with Crippen LogP contribution in [-0.2, 0) is 4.79 Å². The van der Waals surface area contributed by atoms with Crippen molar-refractivity contribution in [1.82, 2.24) is 4.90 Å². The maximum atomic E-state index is 10.9. The number of nitriles is 1. The molecule has 6 heteroatoms. The molecule has 0 rings (SSSR count). The molecule has 0 atom stereocenters. The van der Waals surface area contributed by atoms with Crippen LogP contribution in [0.4, 0.5) is 0 Å². The van der Waals surface area contributed by atoms with Gasteiger partial charge in [-0.1, -0.05) is 0 Å². The van der Waals surface area contributed by atoms with Gasteiger partial charge in [0.05, 0.1) is 5.75 Å². The second-order valence-electron chi connectivity index (χ2n) is 1.67. The van der Waals surface area contributed by atoms with E-state index in [1.54, 1.807) is 5.40 Å². The Bertz CT molecular complexity index is 210.